The lowest BCUT2D eigenvalue weighted by Crippen LogP contribution is -2.33. The number of carbonyl (C=O) groups excluding carboxylic acids is 2. The second-order valence-corrected chi connectivity index (χ2v) is 6.69. The van der Waals surface area contributed by atoms with Crippen LogP contribution in [0.15, 0.2) is 42.5 Å². The minimum absolute atomic E-state index is 0.00165. The number of hydrogen-bond donors (Lipinski definition) is 1. The van der Waals surface area contributed by atoms with E-state index in [0.717, 1.165) is 25.9 Å². The van der Waals surface area contributed by atoms with Crippen molar-refractivity contribution in [3.63, 3.8) is 0 Å². The van der Waals surface area contributed by atoms with Crippen LogP contribution in [0.1, 0.15) is 33.7 Å². The van der Waals surface area contributed by atoms with E-state index in [-0.39, 0.29) is 17.6 Å². The van der Waals surface area contributed by atoms with Gasteiger partial charge in [0.2, 0.25) is 0 Å². The summed E-state index contributed by atoms with van der Waals surface area (Å²) in [5.41, 5.74) is 0.768. The molecule has 3 rings (SSSR count). The predicted octanol–water partition coefficient (Wildman–Crippen LogP) is 3.51. The average Bonchev–Trinajstić information content (AvgIpc) is 2.62. The van der Waals surface area contributed by atoms with Crippen LogP contribution in [0.4, 0.5) is 5.82 Å². The number of nitrogens with one attached hydrogen (secondary N) is 1. The van der Waals surface area contributed by atoms with E-state index in [9.17, 15) is 9.59 Å². The van der Waals surface area contributed by atoms with Gasteiger partial charge in [0.05, 0.1) is 10.6 Å². The lowest BCUT2D eigenvalue weighted by molar-refractivity contribution is 0.0851. The van der Waals surface area contributed by atoms with E-state index >= 15 is 0 Å². The number of aromatic nitrogens is 1. The van der Waals surface area contributed by atoms with Gasteiger partial charge in [0.1, 0.15) is 11.5 Å². The number of likely N-dealkylation sites (tertiary alicyclic amines) is 1. The highest BCUT2D eigenvalue weighted by Gasteiger charge is 2.25. The van der Waals surface area contributed by atoms with E-state index in [1.54, 1.807) is 42.5 Å². The predicted molar refractivity (Wildman–Crippen MR) is 98.2 cm³/mol. The molecule has 1 aromatic carbocycles. The summed E-state index contributed by atoms with van der Waals surface area (Å²) in [7, 11) is 2.06. The largest absolute Gasteiger partial charge is 0.306 e. The van der Waals surface area contributed by atoms with E-state index < -0.39 is 0 Å². The molecule has 6 heteroatoms. The molecule has 0 radical (unpaired) electrons. The summed E-state index contributed by atoms with van der Waals surface area (Å²) in [5.74, 6) is 0.0471. The molecule has 25 heavy (non-hydrogen) atoms. The number of rotatable bonds is 4. The maximum Gasteiger partial charge on any atom is 0.258 e. The molecule has 0 aliphatic carbocycles. The highest BCUT2D eigenvalue weighted by atomic mass is 35.5. The first-order valence-electron chi connectivity index (χ1n) is 8.30. The molecule has 0 bridgehead atoms. The van der Waals surface area contributed by atoms with E-state index in [2.05, 4.69) is 22.2 Å². The Hall–Kier alpha value is -2.24. The van der Waals surface area contributed by atoms with Crippen LogP contribution in [0, 0.1) is 5.92 Å². The van der Waals surface area contributed by atoms with E-state index in [1.807, 2.05) is 0 Å². The lowest BCUT2D eigenvalue weighted by Gasteiger charge is -2.27. The van der Waals surface area contributed by atoms with Crippen LogP contribution >= 0.6 is 11.6 Å². The van der Waals surface area contributed by atoms with Gasteiger partial charge in [0.15, 0.2) is 5.78 Å². The summed E-state index contributed by atoms with van der Waals surface area (Å²) in [4.78, 5) is 31.5. The Labute approximate surface area is 152 Å². The van der Waals surface area contributed by atoms with Crippen molar-refractivity contribution in [2.75, 3.05) is 25.5 Å². The Morgan fingerprint density at radius 3 is 2.56 bits per heavy atom. The van der Waals surface area contributed by atoms with Gasteiger partial charge in [-0.2, -0.15) is 0 Å². The van der Waals surface area contributed by atoms with Crippen molar-refractivity contribution in [2.45, 2.75) is 12.8 Å². The number of hydrogen-bond acceptors (Lipinski definition) is 4. The summed E-state index contributed by atoms with van der Waals surface area (Å²) in [5, 5.41) is 3.08. The molecule has 2 heterocycles. The van der Waals surface area contributed by atoms with Crippen molar-refractivity contribution in [3.8, 4) is 0 Å². The molecular formula is C19H20ClN3O2. The fourth-order valence-corrected chi connectivity index (χ4v) is 3.17. The summed E-state index contributed by atoms with van der Waals surface area (Å²) in [6, 6.07) is 11.9. The summed E-state index contributed by atoms with van der Waals surface area (Å²) in [6.07, 6.45) is 1.68. The molecule has 0 saturated carbocycles. The number of Topliss-reactive ketones (excluding diaryl/α,β-unsaturated/α-hetero) is 1. The van der Waals surface area contributed by atoms with Crippen LogP contribution < -0.4 is 5.32 Å². The SMILES string of the molecule is CN1CCC(C(=O)c2cccc(NC(=O)c3ccccc3Cl)n2)CC1. The molecule has 130 valence electrons. The monoisotopic (exact) mass is 357 g/mol. The minimum Gasteiger partial charge on any atom is -0.306 e. The number of anilines is 1. The van der Waals surface area contributed by atoms with Crippen molar-refractivity contribution in [1.29, 1.82) is 0 Å². The Kier molecular flexibility index (Phi) is 5.46. The van der Waals surface area contributed by atoms with Crippen molar-refractivity contribution >= 4 is 29.1 Å². The van der Waals surface area contributed by atoms with Crippen LogP contribution in [-0.2, 0) is 0 Å². The molecule has 1 N–H and O–H groups in total. The van der Waals surface area contributed by atoms with Gasteiger partial charge in [-0.15, -0.1) is 0 Å². The molecule has 1 amide bonds. The molecule has 1 aliphatic rings. The molecule has 0 unspecified atom stereocenters. The van der Waals surface area contributed by atoms with Crippen LogP contribution in [-0.4, -0.2) is 41.7 Å². The van der Waals surface area contributed by atoms with Crippen molar-refractivity contribution in [2.24, 2.45) is 5.92 Å². The number of amides is 1. The van der Waals surface area contributed by atoms with Gasteiger partial charge >= 0.3 is 0 Å². The van der Waals surface area contributed by atoms with Crippen LogP contribution in [0.3, 0.4) is 0 Å². The Morgan fingerprint density at radius 1 is 1.12 bits per heavy atom. The number of carbonyl (C=O) groups is 2. The van der Waals surface area contributed by atoms with Gasteiger partial charge in [-0.1, -0.05) is 29.8 Å². The third kappa shape index (κ3) is 4.24. The number of halogens is 1. The van der Waals surface area contributed by atoms with E-state index in [1.165, 1.54) is 0 Å². The van der Waals surface area contributed by atoms with Crippen LogP contribution in [0.25, 0.3) is 0 Å². The Balaban J connectivity index is 1.72. The highest BCUT2D eigenvalue weighted by Crippen LogP contribution is 2.21. The third-order valence-corrected chi connectivity index (χ3v) is 4.78. The lowest BCUT2D eigenvalue weighted by atomic mass is 9.91. The van der Waals surface area contributed by atoms with E-state index in [0.29, 0.717) is 22.1 Å². The molecule has 1 aliphatic heterocycles. The molecule has 0 atom stereocenters. The molecular weight excluding hydrogens is 338 g/mol. The molecule has 5 nitrogen and oxygen atoms in total. The first kappa shape index (κ1) is 17.6. The van der Waals surface area contributed by atoms with Gasteiger partial charge in [0.25, 0.3) is 5.91 Å². The second-order valence-electron chi connectivity index (χ2n) is 6.28. The zero-order valence-electron chi connectivity index (χ0n) is 14.0. The average molecular weight is 358 g/mol. The van der Waals surface area contributed by atoms with Gasteiger partial charge in [-0.25, -0.2) is 4.98 Å². The van der Waals surface area contributed by atoms with Crippen molar-refractivity contribution < 1.29 is 9.59 Å². The molecule has 1 saturated heterocycles. The Bertz CT molecular complexity index is 786. The quantitative estimate of drug-likeness (QED) is 0.850. The topological polar surface area (TPSA) is 62.3 Å². The fraction of sp³-hybridized carbons (Fsp3) is 0.316. The first-order chi connectivity index (χ1) is 12.0. The number of benzene rings is 1. The molecule has 2 aromatic rings. The maximum atomic E-state index is 12.7. The van der Waals surface area contributed by atoms with Gasteiger partial charge in [-0.05, 0) is 57.2 Å². The smallest absolute Gasteiger partial charge is 0.258 e. The highest BCUT2D eigenvalue weighted by molar-refractivity contribution is 6.34. The second kappa shape index (κ2) is 7.76. The molecule has 1 fully saturated rings. The number of pyridine rings is 1. The summed E-state index contributed by atoms with van der Waals surface area (Å²) in [6.45, 7) is 1.83. The third-order valence-electron chi connectivity index (χ3n) is 4.45. The van der Waals surface area contributed by atoms with E-state index in [4.69, 9.17) is 11.6 Å². The number of ketones is 1. The van der Waals surface area contributed by atoms with Gasteiger partial charge in [-0.3, -0.25) is 9.59 Å². The number of nitrogens with zero attached hydrogens (tertiary/aromatic N) is 2. The van der Waals surface area contributed by atoms with Crippen molar-refractivity contribution in [3.05, 3.63) is 58.7 Å². The normalized spacial score (nSPS) is 15.8. The van der Waals surface area contributed by atoms with Crippen molar-refractivity contribution in [1.82, 2.24) is 9.88 Å². The summed E-state index contributed by atoms with van der Waals surface area (Å²) >= 11 is 6.04. The number of piperidine rings is 1. The van der Waals surface area contributed by atoms with Crippen LogP contribution in [0.5, 0.6) is 0 Å². The van der Waals surface area contributed by atoms with Gasteiger partial charge < -0.3 is 10.2 Å². The zero-order chi connectivity index (χ0) is 17.8. The maximum absolute atomic E-state index is 12.7. The fourth-order valence-electron chi connectivity index (χ4n) is 2.95. The molecule has 1 aromatic heterocycles. The first-order valence-corrected chi connectivity index (χ1v) is 8.68. The zero-order valence-corrected chi connectivity index (χ0v) is 14.8. The van der Waals surface area contributed by atoms with Crippen LogP contribution in [0.2, 0.25) is 5.02 Å². The summed E-state index contributed by atoms with van der Waals surface area (Å²) < 4.78 is 0. The van der Waals surface area contributed by atoms with Gasteiger partial charge in [0, 0.05) is 5.92 Å². The molecule has 0 spiro atoms. The Morgan fingerprint density at radius 2 is 1.84 bits per heavy atom. The minimum atomic E-state index is -0.345. The standard InChI is InChI=1S/C19H20ClN3O2/c1-23-11-9-13(10-12-23)18(24)16-7-4-8-17(21-16)22-19(25)14-5-2-3-6-15(14)20/h2-8,13H,9-12H2,1H3,(H,21,22,25).